The summed E-state index contributed by atoms with van der Waals surface area (Å²) in [5, 5.41) is 0. The highest BCUT2D eigenvalue weighted by Crippen LogP contribution is 2.40. The molecular weight excluding hydrogens is 228 g/mol. The molecule has 0 aromatic carbocycles. The van der Waals surface area contributed by atoms with Crippen molar-refractivity contribution in [3.63, 3.8) is 0 Å². The molecule has 0 aliphatic carbocycles. The van der Waals surface area contributed by atoms with Gasteiger partial charge in [0.05, 0.1) is 0 Å². The highest BCUT2D eigenvalue weighted by Gasteiger charge is 2.41. The second-order valence-corrected chi connectivity index (χ2v) is 10.8. The van der Waals surface area contributed by atoms with Gasteiger partial charge in [0.1, 0.15) is 8.07 Å². The van der Waals surface area contributed by atoms with Gasteiger partial charge in [0.25, 0.3) is 0 Å². The van der Waals surface area contributed by atoms with Crippen LogP contribution in [0.3, 0.4) is 0 Å². The Morgan fingerprint density at radius 1 is 0.812 bits per heavy atom. The first-order valence-corrected chi connectivity index (χ1v) is 8.01. The van der Waals surface area contributed by atoms with Crippen LogP contribution in [0.2, 0.25) is 16.6 Å². The topological polar surface area (TPSA) is 0 Å². The molecule has 0 aromatic rings. The summed E-state index contributed by atoms with van der Waals surface area (Å²) < 4.78 is 36.9. The zero-order chi connectivity index (χ0) is 13.1. The van der Waals surface area contributed by atoms with Crippen LogP contribution in [0.1, 0.15) is 41.5 Å². The summed E-state index contributed by atoms with van der Waals surface area (Å²) in [6, 6.07) is 0. The number of rotatable bonds is 3. The molecule has 94 valence electrons. The summed E-state index contributed by atoms with van der Waals surface area (Å²) in [6.45, 7) is 7.05. The maximum absolute atomic E-state index is 12.3. The highest BCUT2D eigenvalue weighted by molar-refractivity contribution is 6.91. The second kappa shape index (κ2) is 5.31. The van der Waals surface area contributed by atoms with Crippen molar-refractivity contribution >= 4 is 15.1 Å². The lowest BCUT2D eigenvalue weighted by molar-refractivity contribution is 0.504. The Morgan fingerprint density at radius 2 is 1.12 bits per heavy atom. The van der Waals surface area contributed by atoms with Crippen molar-refractivity contribution in [2.24, 2.45) is 0 Å². The number of hydrogen-bond acceptors (Lipinski definition) is 0. The average Bonchev–Trinajstić information content (AvgIpc) is 2.00. The SMILES string of the molecule is CC(C)[Si](C#C[B-](F)(F)F)(C(C)C)C(C)C. The van der Waals surface area contributed by atoms with Crippen LogP contribution in [0.15, 0.2) is 0 Å². The van der Waals surface area contributed by atoms with Crippen LogP contribution >= 0.6 is 0 Å². The zero-order valence-electron chi connectivity index (χ0n) is 10.9. The minimum atomic E-state index is -4.98. The maximum atomic E-state index is 12.3. The van der Waals surface area contributed by atoms with E-state index in [1.165, 1.54) is 0 Å². The van der Waals surface area contributed by atoms with Crippen molar-refractivity contribution in [3.05, 3.63) is 0 Å². The molecule has 0 fully saturated rings. The summed E-state index contributed by atoms with van der Waals surface area (Å²) in [5.41, 5.74) is 3.41. The number of hydrogen-bond donors (Lipinski definition) is 0. The van der Waals surface area contributed by atoms with E-state index in [1.807, 2.05) is 41.5 Å². The minimum Gasteiger partial charge on any atom is -0.438 e. The first kappa shape index (κ1) is 15.6. The van der Waals surface area contributed by atoms with Crippen LogP contribution in [0.4, 0.5) is 12.9 Å². The molecule has 0 heterocycles. The Labute approximate surface area is 98.1 Å². The van der Waals surface area contributed by atoms with Gasteiger partial charge < -0.3 is 12.9 Å². The average molecular weight is 249 g/mol. The van der Waals surface area contributed by atoms with Gasteiger partial charge in [-0.3, -0.25) is 0 Å². The predicted molar refractivity (Wildman–Crippen MR) is 67.9 cm³/mol. The summed E-state index contributed by atoms with van der Waals surface area (Å²) >= 11 is 0. The largest absolute Gasteiger partial charge is 0.557 e. The van der Waals surface area contributed by atoms with E-state index in [4.69, 9.17) is 0 Å². The third-order valence-electron chi connectivity index (χ3n) is 3.32. The smallest absolute Gasteiger partial charge is 0.438 e. The lowest BCUT2D eigenvalue weighted by Crippen LogP contribution is -2.43. The van der Waals surface area contributed by atoms with E-state index in [0.717, 1.165) is 0 Å². The van der Waals surface area contributed by atoms with E-state index in [0.29, 0.717) is 0 Å². The summed E-state index contributed by atoms with van der Waals surface area (Å²) in [6.07, 6.45) is 0. The molecule has 0 rings (SSSR count). The van der Waals surface area contributed by atoms with Crippen molar-refractivity contribution in [1.82, 2.24) is 0 Å². The van der Waals surface area contributed by atoms with E-state index in [1.54, 1.807) is 5.82 Å². The first-order valence-electron chi connectivity index (χ1n) is 5.77. The van der Waals surface area contributed by atoms with Gasteiger partial charge in [-0.1, -0.05) is 41.5 Å². The minimum absolute atomic E-state index is 0.248. The van der Waals surface area contributed by atoms with Gasteiger partial charge in [-0.2, -0.15) is 5.54 Å². The standard InChI is InChI=1S/C11H21BF3Si/c1-9(2)16(10(3)4,11(5)6)8-7-12(13,14)15/h9-11H,1-6H3/q-1. The number of halogens is 3. The molecule has 0 saturated carbocycles. The lowest BCUT2D eigenvalue weighted by atomic mass is 9.95. The molecule has 0 N–H and O–H groups in total. The van der Waals surface area contributed by atoms with Gasteiger partial charge in [-0.25, -0.2) is 5.82 Å². The fraction of sp³-hybridized carbons (Fsp3) is 0.818. The molecule has 5 heteroatoms. The molecule has 0 aliphatic rings. The zero-order valence-corrected chi connectivity index (χ0v) is 11.9. The summed E-state index contributed by atoms with van der Waals surface area (Å²) in [7, 11) is -2.20. The van der Waals surface area contributed by atoms with Gasteiger partial charge in [0.2, 0.25) is 0 Å². The van der Waals surface area contributed by atoms with Gasteiger partial charge in [0.15, 0.2) is 0 Å². The normalized spacial score (nSPS) is 13.2. The fourth-order valence-electron chi connectivity index (χ4n) is 2.64. The molecule has 0 radical (unpaired) electrons. The molecule has 0 nitrogen and oxygen atoms in total. The van der Waals surface area contributed by atoms with Crippen LogP contribution < -0.4 is 0 Å². The Hall–Kier alpha value is -0.368. The third-order valence-corrected chi connectivity index (χ3v) is 9.63. The summed E-state index contributed by atoms with van der Waals surface area (Å²) in [4.78, 5) is 0. The predicted octanol–water partition coefficient (Wildman–Crippen LogP) is 4.59. The molecule has 0 spiro atoms. The molecule has 0 atom stereocenters. The molecular formula is C11H21BF3Si-. The molecule has 0 aliphatic heterocycles. The van der Waals surface area contributed by atoms with Crippen LogP contribution in [-0.4, -0.2) is 15.1 Å². The maximum Gasteiger partial charge on any atom is 0.557 e. The van der Waals surface area contributed by atoms with E-state index >= 15 is 0 Å². The molecule has 0 aromatic heterocycles. The van der Waals surface area contributed by atoms with Crippen molar-refractivity contribution in [2.45, 2.75) is 58.2 Å². The molecule has 0 bridgehead atoms. The quantitative estimate of drug-likeness (QED) is 0.506. The Kier molecular flexibility index (Phi) is 5.19. The van der Waals surface area contributed by atoms with Gasteiger partial charge in [-0.05, 0) is 16.6 Å². The fourth-order valence-corrected chi connectivity index (χ4v) is 7.92. The van der Waals surface area contributed by atoms with E-state index < -0.39 is 15.1 Å². The lowest BCUT2D eigenvalue weighted by Gasteiger charge is -2.38. The second-order valence-electron chi connectivity index (χ2n) is 5.24. The Balaban J connectivity index is 5.45. The van der Waals surface area contributed by atoms with Gasteiger partial charge in [0, 0.05) is 0 Å². The van der Waals surface area contributed by atoms with Crippen molar-refractivity contribution < 1.29 is 12.9 Å². The van der Waals surface area contributed by atoms with Crippen molar-refractivity contribution in [3.8, 4) is 11.4 Å². The monoisotopic (exact) mass is 249 g/mol. The van der Waals surface area contributed by atoms with Crippen LogP contribution in [-0.2, 0) is 0 Å². The van der Waals surface area contributed by atoms with E-state index in [2.05, 4.69) is 5.54 Å². The molecule has 0 amide bonds. The van der Waals surface area contributed by atoms with Crippen molar-refractivity contribution in [1.29, 1.82) is 0 Å². The molecule has 16 heavy (non-hydrogen) atoms. The van der Waals surface area contributed by atoms with Gasteiger partial charge in [-0.15, -0.1) is 0 Å². The Morgan fingerprint density at radius 3 is 1.31 bits per heavy atom. The van der Waals surface area contributed by atoms with E-state index in [9.17, 15) is 12.9 Å². The third kappa shape index (κ3) is 3.59. The molecule has 0 saturated heterocycles. The van der Waals surface area contributed by atoms with Crippen LogP contribution in [0.25, 0.3) is 0 Å². The first-order chi connectivity index (χ1) is 7.04. The summed E-state index contributed by atoms with van der Waals surface area (Å²) in [5.74, 6) is 1.58. The van der Waals surface area contributed by atoms with Crippen molar-refractivity contribution in [2.75, 3.05) is 0 Å². The molecule has 0 unspecified atom stereocenters. The van der Waals surface area contributed by atoms with Crippen LogP contribution in [0, 0.1) is 11.4 Å². The highest BCUT2D eigenvalue weighted by atomic mass is 28.3. The van der Waals surface area contributed by atoms with Gasteiger partial charge >= 0.3 is 6.98 Å². The van der Waals surface area contributed by atoms with E-state index in [-0.39, 0.29) is 16.6 Å². The van der Waals surface area contributed by atoms with Crippen LogP contribution in [0.5, 0.6) is 0 Å². The Bertz CT molecular complexity index is 262.